The van der Waals surface area contributed by atoms with Gasteiger partial charge in [-0.15, -0.1) is 0 Å². The van der Waals surface area contributed by atoms with E-state index in [-0.39, 0.29) is 29.4 Å². The quantitative estimate of drug-likeness (QED) is 0.421. The SMILES string of the molecule is Cc1nn(C)c(OCc2ccccc2)c1C(=O)c1ccc(-n2cncn2)cc1C(F)(F)F. The van der Waals surface area contributed by atoms with Crippen molar-refractivity contribution < 1.29 is 22.7 Å². The van der Waals surface area contributed by atoms with Crippen LogP contribution in [0.1, 0.15) is 32.7 Å². The van der Waals surface area contributed by atoms with E-state index in [0.29, 0.717) is 0 Å². The number of carbonyl (C=O) groups excluding carboxylic acids is 1. The predicted molar refractivity (Wildman–Crippen MR) is 109 cm³/mol. The molecule has 32 heavy (non-hydrogen) atoms. The summed E-state index contributed by atoms with van der Waals surface area (Å²) in [5.41, 5.74) is -0.334. The smallest absolute Gasteiger partial charge is 0.417 e. The molecule has 0 spiro atoms. The zero-order valence-corrected chi connectivity index (χ0v) is 17.2. The van der Waals surface area contributed by atoms with Crippen molar-refractivity contribution in [2.75, 3.05) is 0 Å². The van der Waals surface area contributed by atoms with Crippen LogP contribution >= 0.6 is 0 Å². The zero-order valence-electron chi connectivity index (χ0n) is 17.2. The van der Waals surface area contributed by atoms with Crippen molar-refractivity contribution in [1.29, 1.82) is 0 Å². The van der Waals surface area contributed by atoms with Gasteiger partial charge >= 0.3 is 6.18 Å². The van der Waals surface area contributed by atoms with Crippen LogP contribution in [-0.2, 0) is 19.8 Å². The summed E-state index contributed by atoms with van der Waals surface area (Å²) in [6.07, 6.45) is -2.28. The molecule has 0 saturated heterocycles. The van der Waals surface area contributed by atoms with Crippen LogP contribution in [0.2, 0.25) is 0 Å². The van der Waals surface area contributed by atoms with Crippen LogP contribution in [0, 0.1) is 6.92 Å². The lowest BCUT2D eigenvalue weighted by atomic mass is 9.97. The molecule has 164 valence electrons. The van der Waals surface area contributed by atoms with E-state index >= 15 is 0 Å². The Hall–Kier alpha value is -3.95. The van der Waals surface area contributed by atoms with E-state index in [2.05, 4.69) is 15.2 Å². The van der Waals surface area contributed by atoms with E-state index in [0.717, 1.165) is 17.7 Å². The van der Waals surface area contributed by atoms with Gasteiger partial charge in [-0.2, -0.15) is 23.4 Å². The second-order valence-corrected chi connectivity index (χ2v) is 7.06. The number of aryl methyl sites for hydroxylation is 2. The summed E-state index contributed by atoms with van der Waals surface area (Å²) < 4.78 is 50.0. The molecular formula is C22H18F3N5O2. The van der Waals surface area contributed by atoms with Crippen molar-refractivity contribution in [2.24, 2.45) is 7.05 Å². The monoisotopic (exact) mass is 441 g/mol. The van der Waals surface area contributed by atoms with Crippen LogP contribution in [0.5, 0.6) is 5.88 Å². The summed E-state index contributed by atoms with van der Waals surface area (Å²) in [6.45, 7) is 1.69. The molecule has 0 unspecified atom stereocenters. The number of ketones is 1. The second kappa shape index (κ2) is 8.29. The summed E-state index contributed by atoms with van der Waals surface area (Å²) in [7, 11) is 1.57. The molecule has 0 amide bonds. The van der Waals surface area contributed by atoms with Gasteiger partial charge in [0.2, 0.25) is 11.7 Å². The number of benzene rings is 2. The van der Waals surface area contributed by atoms with Crippen LogP contribution in [-0.4, -0.2) is 30.3 Å². The molecule has 0 atom stereocenters. The first kappa shape index (κ1) is 21.3. The fourth-order valence-corrected chi connectivity index (χ4v) is 3.37. The van der Waals surface area contributed by atoms with Crippen LogP contribution in [0.3, 0.4) is 0 Å². The molecule has 0 fully saturated rings. The maximum absolute atomic E-state index is 13.9. The van der Waals surface area contributed by atoms with Gasteiger partial charge in [-0.1, -0.05) is 30.3 Å². The normalized spacial score (nSPS) is 11.5. The molecule has 0 N–H and O–H groups in total. The number of halogens is 3. The largest absolute Gasteiger partial charge is 0.472 e. The Kier molecular flexibility index (Phi) is 5.52. The summed E-state index contributed by atoms with van der Waals surface area (Å²) in [6, 6.07) is 12.6. The Labute approximate surface area is 181 Å². The van der Waals surface area contributed by atoms with Crippen molar-refractivity contribution in [1.82, 2.24) is 24.5 Å². The molecule has 0 aliphatic heterocycles. The molecule has 7 nitrogen and oxygen atoms in total. The van der Waals surface area contributed by atoms with Crippen LogP contribution in [0.4, 0.5) is 13.2 Å². The highest BCUT2D eigenvalue weighted by atomic mass is 19.4. The number of hydrogen-bond donors (Lipinski definition) is 0. The molecule has 0 aliphatic carbocycles. The lowest BCUT2D eigenvalue weighted by molar-refractivity contribution is -0.137. The summed E-state index contributed by atoms with van der Waals surface area (Å²) in [4.78, 5) is 17.1. The van der Waals surface area contributed by atoms with Crippen molar-refractivity contribution in [3.05, 3.63) is 89.1 Å². The first-order valence-corrected chi connectivity index (χ1v) is 9.57. The zero-order chi connectivity index (χ0) is 22.9. The van der Waals surface area contributed by atoms with Crippen LogP contribution < -0.4 is 4.74 Å². The topological polar surface area (TPSA) is 74.8 Å². The van der Waals surface area contributed by atoms with Gasteiger partial charge in [0.15, 0.2) is 0 Å². The molecule has 2 heterocycles. The Morgan fingerprint density at radius 1 is 1.12 bits per heavy atom. The lowest BCUT2D eigenvalue weighted by Crippen LogP contribution is -2.16. The minimum Gasteiger partial charge on any atom is -0.472 e. The summed E-state index contributed by atoms with van der Waals surface area (Å²) in [5.74, 6) is -0.721. The highest BCUT2D eigenvalue weighted by molar-refractivity contribution is 6.12. The molecule has 0 saturated carbocycles. The molecule has 4 rings (SSSR count). The van der Waals surface area contributed by atoms with E-state index in [1.54, 1.807) is 14.0 Å². The van der Waals surface area contributed by atoms with Crippen LogP contribution in [0.15, 0.2) is 61.2 Å². The first-order chi connectivity index (χ1) is 15.3. The fraction of sp³-hybridized carbons (Fsp3) is 0.182. The minimum absolute atomic E-state index is 0.0116. The number of carbonyl (C=O) groups is 1. The Balaban J connectivity index is 1.74. The molecule has 0 radical (unpaired) electrons. The van der Waals surface area contributed by atoms with E-state index in [1.807, 2.05) is 30.3 Å². The number of nitrogens with zero attached hydrogens (tertiary/aromatic N) is 5. The average molecular weight is 441 g/mol. The number of rotatable bonds is 6. The molecule has 10 heteroatoms. The van der Waals surface area contributed by atoms with E-state index in [9.17, 15) is 18.0 Å². The van der Waals surface area contributed by atoms with Crippen molar-refractivity contribution in [3.63, 3.8) is 0 Å². The highest BCUT2D eigenvalue weighted by Crippen LogP contribution is 2.36. The third-order valence-corrected chi connectivity index (χ3v) is 4.85. The van der Waals surface area contributed by atoms with E-state index in [1.165, 1.54) is 28.1 Å². The number of hydrogen-bond acceptors (Lipinski definition) is 5. The van der Waals surface area contributed by atoms with Gasteiger partial charge in [0.25, 0.3) is 0 Å². The second-order valence-electron chi connectivity index (χ2n) is 7.06. The molecular weight excluding hydrogens is 423 g/mol. The maximum Gasteiger partial charge on any atom is 0.417 e. The molecule has 4 aromatic rings. The molecule has 0 aliphatic rings. The third-order valence-electron chi connectivity index (χ3n) is 4.85. The van der Waals surface area contributed by atoms with Gasteiger partial charge in [0.1, 0.15) is 24.8 Å². The van der Waals surface area contributed by atoms with Crippen molar-refractivity contribution >= 4 is 5.78 Å². The Bertz CT molecular complexity index is 1250. The third kappa shape index (κ3) is 4.11. The van der Waals surface area contributed by atoms with E-state index < -0.39 is 23.1 Å². The molecule has 2 aromatic heterocycles. The molecule has 0 bridgehead atoms. The Morgan fingerprint density at radius 3 is 2.53 bits per heavy atom. The van der Waals surface area contributed by atoms with Gasteiger partial charge in [-0.3, -0.25) is 4.79 Å². The average Bonchev–Trinajstić information content (AvgIpc) is 3.39. The number of aromatic nitrogens is 5. The summed E-state index contributed by atoms with van der Waals surface area (Å²) in [5, 5.41) is 8.03. The highest BCUT2D eigenvalue weighted by Gasteiger charge is 2.37. The van der Waals surface area contributed by atoms with Gasteiger partial charge in [-0.25, -0.2) is 14.3 Å². The van der Waals surface area contributed by atoms with Gasteiger partial charge in [-0.05, 0) is 30.7 Å². The minimum atomic E-state index is -4.76. The number of alkyl halides is 3. The van der Waals surface area contributed by atoms with Crippen molar-refractivity contribution in [2.45, 2.75) is 19.7 Å². The molecule has 2 aromatic carbocycles. The van der Waals surface area contributed by atoms with E-state index in [4.69, 9.17) is 4.74 Å². The lowest BCUT2D eigenvalue weighted by Gasteiger charge is -2.15. The van der Waals surface area contributed by atoms with Crippen molar-refractivity contribution in [3.8, 4) is 11.6 Å². The standard InChI is InChI=1S/C22H18F3N5O2/c1-14-19(21(29(2)28-14)32-11-15-6-4-3-5-7-15)20(31)17-9-8-16(30-13-26-12-27-30)10-18(17)22(23,24)25/h3-10,12-13H,11H2,1-2H3. The maximum atomic E-state index is 13.9. The summed E-state index contributed by atoms with van der Waals surface area (Å²) >= 11 is 0. The van der Waals surface area contributed by atoms with Gasteiger partial charge in [0.05, 0.1) is 16.9 Å². The predicted octanol–water partition coefficient (Wildman–Crippen LogP) is 4.14. The van der Waals surface area contributed by atoms with Gasteiger partial charge in [0, 0.05) is 12.6 Å². The fourth-order valence-electron chi connectivity index (χ4n) is 3.37. The first-order valence-electron chi connectivity index (χ1n) is 9.57. The van der Waals surface area contributed by atoms with Gasteiger partial charge < -0.3 is 4.74 Å². The Morgan fingerprint density at radius 2 is 1.88 bits per heavy atom. The number of ether oxygens (including phenoxy) is 1. The van der Waals surface area contributed by atoms with Crippen LogP contribution in [0.25, 0.3) is 5.69 Å².